The van der Waals surface area contributed by atoms with Crippen LogP contribution in [-0.4, -0.2) is 52.1 Å². The number of aliphatic hydroxyl groups is 1. The maximum absolute atomic E-state index is 14.3. The summed E-state index contributed by atoms with van der Waals surface area (Å²) in [5.41, 5.74) is 3.15. The van der Waals surface area contributed by atoms with Crippen molar-refractivity contribution in [2.24, 2.45) is 5.92 Å². The van der Waals surface area contributed by atoms with Gasteiger partial charge < -0.3 is 24.3 Å². The Morgan fingerprint density at radius 1 is 1.16 bits per heavy atom. The van der Waals surface area contributed by atoms with Gasteiger partial charge in [0.2, 0.25) is 0 Å². The van der Waals surface area contributed by atoms with Gasteiger partial charge in [-0.05, 0) is 69.4 Å². The van der Waals surface area contributed by atoms with Crippen LogP contribution in [0.5, 0.6) is 5.75 Å². The second kappa shape index (κ2) is 10.2. The molecule has 0 saturated heterocycles. The zero-order chi connectivity index (χ0) is 27.1. The zero-order valence-electron chi connectivity index (χ0n) is 21.7. The first-order valence-electron chi connectivity index (χ1n) is 12.9. The lowest BCUT2D eigenvalue weighted by atomic mass is 9.85. The Hall–Kier alpha value is -3.66. The molecule has 1 aliphatic carbocycles. The Labute approximate surface area is 219 Å². The van der Waals surface area contributed by atoms with Gasteiger partial charge in [0.15, 0.2) is 0 Å². The number of imidazole rings is 1. The molecule has 1 aliphatic heterocycles. The molecule has 2 N–H and O–H groups in total. The number of hydrogen-bond acceptors (Lipinski definition) is 6. The van der Waals surface area contributed by atoms with Crippen molar-refractivity contribution in [3.8, 4) is 5.75 Å². The minimum Gasteiger partial charge on any atom is -0.496 e. The molecule has 9 nitrogen and oxygen atoms in total. The van der Waals surface area contributed by atoms with E-state index in [0.717, 1.165) is 23.9 Å². The number of benzene rings is 2. The number of carbonyl (C=O) groups excluding carboxylic acids is 1. The lowest BCUT2D eigenvalue weighted by molar-refractivity contribution is -0.143. The Balaban J connectivity index is 1.72. The van der Waals surface area contributed by atoms with Crippen molar-refractivity contribution < 1.29 is 33.7 Å². The number of rotatable bonds is 5. The summed E-state index contributed by atoms with van der Waals surface area (Å²) in [7, 11) is 2.79. The van der Waals surface area contributed by atoms with Crippen molar-refractivity contribution in [2.45, 2.75) is 63.6 Å². The number of aliphatic carboxylic acids is 1. The van der Waals surface area contributed by atoms with Crippen molar-refractivity contribution in [3.05, 3.63) is 53.1 Å². The van der Waals surface area contributed by atoms with E-state index in [1.165, 1.54) is 32.4 Å². The molecular weight excluding hydrogens is 493 g/mol. The van der Waals surface area contributed by atoms with Crippen LogP contribution in [-0.2, 0) is 16.0 Å². The Bertz CT molecular complexity index is 1390. The minimum absolute atomic E-state index is 0.0641. The van der Waals surface area contributed by atoms with Gasteiger partial charge in [0.1, 0.15) is 23.5 Å². The van der Waals surface area contributed by atoms with Gasteiger partial charge in [0.05, 0.1) is 36.9 Å². The molecule has 2 aromatic carbocycles. The van der Waals surface area contributed by atoms with E-state index >= 15 is 0 Å². The number of nitrogens with zero attached hydrogens (tertiary/aromatic N) is 3. The molecule has 2 aliphatic rings. The van der Waals surface area contributed by atoms with Gasteiger partial charge in [-0.15, -0.1) is 0 Å². The van der Waals surface area contributed by atoms with E-state index in [-0.39, 0.29) is 23.5 Å². The Morgan fingerprint density at radius 2 is 1.95 bits per heavy atom. The van der Waals surface area contributed by atoms with Crippen LogP contribution in [0.25, 0.3) is 11.0 Å². The maximum Gasteiger partial charge on any atom is 0.414 e. The maximum atomic E-state index is 14.3. The second-order valence-corrected chi connectivity index (χ2v) is 10.1. The average molecular weight is 526 g/mol. The molecule has 0 bridgehead atoms. The van der Waals surface area contributed by atoms with E-state index in [0.29, 0.717) is 42.6 Å². The van der Waals surface area contributed by atoms with Crippen LogP contribution in [0.4, 0.5) is 14.9 Å². The van der Waals surface area contributed by atoms with Gasteiger partial charge in [0, 0.05) is 23.2 Å². The Kier molecular flexibility index (Phi) is 7.00. The molecule has 4 atom stereocenters. The van der Waals surface area contributed by atoms with E-state index in [2.05, 4.69) is 0 Å². The fourth-order valence-electron chi connectivity index (χ4n) is 6.05. The molecule has 1 aromatic heterocycles. The highest BCUT2D eigenvalue weighted by atomic mass is 19.1. The molecule has 2 heterocycles. The largest absolute Gasteiger partial charge is 0.496 e. The number of aliphatic hydroxyl groups excluding tert-OH is 1. The van der Waals surface area contributed by atoms with Gasteiger partial charge >= 0.3 is 12.1 Å². The second-order valence-electron chi connectivity index (χ2n) is 10.1. The molecule has 1 fully saturated rings. The van der Waals surface area contributed by atoms with Gasteiger partial charge in [-0.1, -0.05) is 6.42 Å². The highest BCUT2D eigenvalue weighted by molar-refractivity contribution is 5.95. The highest BCUT2D eigenvalue weighted by Gasteiger charge is 2.36. The standard InChI is InChI=1S/C28H32FN3O6/c1-15-7-9-19-21(31(15)28(36)38-3)10-11-22-24(19)30-26(25(33)20-14-17(29)8-12-23(20)37-2)32(22)18-6-4-5-16(13-18)27(34)35/h8,10-12,14-16,18,25,33H,4-7,9,13H2,1-3H3,(H,34,35)/t15-,16-,18-,25+/m0/s1. The van der Waals surface area contributed by atoms with Crippen LogP contribution < -0.4 is 9.64 Å². The number of fused-ring (bicyclic) bond motifs is 3. The van der Waals surface area contributed by atoms with Crippen molar-refractivity contribution in [2.75, 3.05) is 19.1 Å². The smallest absolute Gasteiger partial charge is 0.414 e. The predicted molar refractivity (Wildman–Crippen MR) is 138 cm³/mol. The number of carboxylic acid groups (broad SMARTS) is 1. The van der Waals surface area contributed by atoms with Gasteiger partial charge in [-0.3, -0.25) is 9.69 Å². The molecular formula is C28H32FN3O6. The number of hydrogen-bond donors (Lipinski definition) is 2. The quantitative estimate of drug-likeness (QED) is 0.482. The summed E-state index contributed by atoms with van der Waals surface area (Å²) < 4.78 is 26.6. The zero-order valence-corrected chi connectivity index (χ0v) is 21.7. The minimum atomic E-state index is -1.33. The summed E-state index contributed by atoms with van der Waals surface area (Å²) in [5.74, 6) is -1.26. The lowest BCUT2D eigenvalue weighted by Crippen LogP contribution is -2.42. The van der Waals surface area contributed by atoms with Gasteiger partial charge in [-0.2, -0.15) is 0 Å². The number of carbonyl (C=O) groups is 2. The fourth-order valence-corrected chi connectivity index (χ4v) is 6.05. The molecule has 1 saturated carbocycles. The van der Waals surface area contributed by atoms with Gasteiger partial charge in [0.25, 0.3) is 0 Å². The summed E-state index contributed by atoms with van der Waals surface area (Å²) in [6, 6.07) is 7.37. The molecule has 0 radical (unpaired) electrons. The topological polar surface area (TPSA) is 114 Å². The fraction of sp³-hybridized carbons (Fsp3) is 0.464. The molecule has 38 heavy (non-hydrogen) atoms. The van der Waals surface area contributed by atoms with Crippen LogP contribution in [0.2, 0.25) is 0 Å². The molecule has 202 valence electrons. The lowest BCUT2D eigenvalue weighted by Gasteiger charge is -2.34. The number of aryl methyl sites for hydroxylation is 1. The van der Waals surface area contributed by atoms with E-state index in [4.69, 9.17) is 14.5 Å². The van der Waals surface area contributed by atoms with Crippen LogP contribution in [0.1, 0.15) is 68.1 Å². The van der Waals surface area contributed by atoms with E-state index in [1.54, 1.807) is 4.90 Å². The van der Waals surface area contributed by atoms with Crippen LogP contribution in [0.3, 0.4) is 0 Å². The van der Waals surface area contributed by atoms with Crippen molar-refractivity contribution >= 4 is 28.8 Å². The number of aromatic nitrogens is 2. The van der Waals surface area contributed by atoms with E-state index < -0.39 is 29.9 Å². The summed E-state index contributed by atoms with van der Waals surface area (Å²) in [6.45, 7) is 1.96. The normalized spacial score (nSPS) is 22.1. The third-order valence-corrected chi connectivity index (χ3v) is 7.94. The SMILES string of the molecule is COC(=O)N1c2ccc3c(nc([C@H](O)c4cc(F)ccc4OC)n3[C@H]3CCC[C@H](C(=O)O)C3)c2CC[C@@H]1C. The van der Waals surface area contributed by atoms with E-state index in [1.807, 2.05) is 23.6 Å². The molecule has 5 rings (SSSR count). The average Bonchev–Trinajstić information content (AvgIpc) is 3.32. The van der Waals surface area contributed by atoms with Crippen LogP contribution in [0, 0.1) is 11.7 Å². The number of ether oxygens (including phenoxy) is 2. The first-order valence-corrected chi connectivity index (χ1v) is 12.9. The highest BCUT2D eigenvalue weighted by Crippen LogP contribution is 2.43. The molecule has 0 unspecified atom stereocenters. The van der Waals surface area contributed by atoms with Crippen molar-refractivity contribution in [1.82, 2.24) is 9.55 Å². The Morgan fingerprint density at radius 3 is 2.66 bits per heavy atom. The van der Waals surface area contributed by atoms with Crippen molar-refractivity contribution in [3.63, 3.8) is 0 Å². The van der Waals surface area contributed by atoms with Crippen molar-refractivity contribution in [1.29, 1.82) is 0 Å². The van der Waals surface area contributed by atoms with E-state index in [9.17, 15) is 24.2 Å². The molecule has 10 heteroatoms. The molecule has 3 aromatic rings. The monoisotopic (exact) mass is 525 g/mol. The van der Waals surface area contributed by atoms with Gasteiger partial charge in [-0.25, -0.2) is 14.2 Å². The first kappa shape index (κ1) is 26.0. The summed E-state index contributed by atoms with van der Waals surface area (Å²) in [6.07, 6.45) is 2.01. The molecule has 1 amide bonds. The predicted octanol–water partition coefficient (Wildman–Crippen LogP) is 4.99. The first-order chi connectivity index (χ1) is 18.2. The number of halogens is 1. The third kappa shape index (κ3) is 4.36. The number of carboxylic acids is 1. The summed E-state index contributed by atoms with van der Waals surface area (Å²) in [4.78, 5) is 31.0. The van der Waals surface area contributed by atoms with Crippen LogP contribution in [0.15, 0.2) is 30.3 Å². The number of methoxy groups -OCH3 is 2. The number of anilines is 1. The third-order valence-electron chi connectivity index (χ3n) is 7.94. The van der Waals surface area contributed by atoms with Crippen LogP contribution >= 0.6 is 0 Å². The number of amides is 1. The summed E-state index contributed by atoms with van der Waals surface area (Å²) in [5, 5.41) is 21.3. The molecule has 0 spiro atoms. The summed E-state index contributed by atoms with van der Waals surface area (Å²) >= 11 is 0.